The van der Waals surface area contributed by atoms with Gasteiger partial charge < -0.3 is 4.52 Å². The quantitative estimate of drug-likeness (QED) is 0.621. The number of sulfonamides is 1. The van der Waals surface area contributed by atoms with Crippen LogP contribution in [0.4, 0.5) is 0 Å². The minimum absolute atomic E-state index is 0.141. The predicted molar refractivity (Wildman–Crippen MR) is 119 cm³/mol. The van der Waals surface area contributed by atoms with E-state index in [1.165, 1.54) is 5.56 Å². The Morgan fingerprint density at radius 2 is 1.84 bits per heavy atom. The first kappa shape index (κ1) is 21.1. The third-order valence-electron chi connectivity index (χ3n) is 7.61. The van der Waals surface area contributed by atoms with Crippen LogP contribution >= 0.6 is 0 Å². The lowest BCUT2D eigenvalue weighted by molar-refractivity contribution is 0.282. The van der Waals surface area contributed by atoms with Gasteiger partial charge in [-0.15, -0.1) is 0 Å². The number of benzene rings is 1. The van der Waals surface area contributed by atoms with Gasteiger partial charge in [-0.2, -0.15) is 9.29 Å². The molecule has 5 rings (SSSR count). The summed E-state index contributed by atoms with van der Waals surface area (Å²) < 4.78 is 34.5. The van der Waals surface area contributed by atoms with Gasteiger partial charge in [-0.3, -0.25) is 0 Å². The molecule has 0 radical (unpaired) electrons. The molecule has 1 spiro atoms. The van der Waals surface area contributed by atoms with Gasteiger partial charge in [0.1, 0.15) is 6.04 Å². The maximum absolute atomic E-state index is 13.6. The third-order valence-corrected chi connectivity index (χ3v) is 9.96. The van der Waals surface area contributed by atoms with Crippen LogP contribution in [-0.2, 0) is 22.9 Å². The molecule has 7 heteroatoms. The van der Waals surface area contributed by atoms with Gasteiger partial charge in [0.25, 0.3) is 0 Å². The second-order valence-electron chi connectivity index (χ2n) is 10.1. The number of hydrogen-bond donors (Lipinski definition) is 0. The molecule has 2 saturated carbocycles. The first-order valence-corrected chi connectivity index (χ1v) is 13.3. The lowest BCUT2D eigenvalue weighted by atomic mass is 9.91. The summed E-state index contributed by atoms with van der Waals surface area (Å²) in [6.45, 7) is 2.84. The number of nitrogens with zero attached hydrogens (tertiary/aromatic N) is 3. The van der Waals surface area contributed by atoms with Gasteiger partial charge in [0.2, 0.25) is 15.9 Å². The molecule has 1 aliphatic heterocycles. The van der Waals surface area contributed by atoms with Crippen molar-refractivity contribution in [3.63, 3.8) is 0 Å². The van der Waals surface area contributed by atoms with E-state index in [2.05, 4.69) is 41.3 Å². The van der Waals surface area contributed by atoms with E-state index >= 15 is 0 Å². The Hall–Kier alpha value is -1.73. The van der Waals surface area contributed by atoms with Gasteiger partial charge >= 0.3 is 0 Å². The van der Waals surface area contributed by atoms with E-state index in [9.17, 15) is 8.42 Å². The van der Waals surface area contributed by atoms with Crippen LogP contribution in [0.15, 0.2) is 34.9 Å². The first-order valence-electron chi connectivity index (χ1n) is 11.8. The molecule has 0 bridgehead atoms. The second-order valence-corrected chi connectivity index (χ2v) is 12.2. The van der Waals surface area contributed by atoms with Crippen LogP contribution in [0.5, 0.6) is 0 Å². The van der Waals surface area contributed by atoms with Crippen LogP contribution in [-0.4, -0.2) is 34.7 Å². The summed E-state index contributed by atoms with van der Waals surface area (Å²) in [5.74, 6) is 1.81. The van der Waals surface area contributed by atoms with Crippen molar-refractivity contribution >= 4 is 10.0 Å². The van der Waals surface area contributed by atoms with E-state index in [1.54, 1.807) is 4.31 Å². The molecule has 0 N–H and O–H groups in total. The molecule has 1 saturated heterocycles. The number of aromatic nitrogens is 2. The second kappa shape index (κ2) is 8.32. The zero-order valence-corrected chi connectivity index (χ0v) is 19.2. The lowest BCUT2D eigenvalue weighted by Crippen LogP contribution is -2.40. The number of aryl methyl sites for hydroxylation is 2. The smallest absolute Gasteiger partial charge is 0.245 e. The number of rotatable bonds is 7. The Morgan fingerprint density at radius 3 is 2.55 bits per heavy atom. The van der Waals surface area contributed by atoms with Crippen LogP contribution in [0.25, 0.3) is 0 Å². The fourth-order valence-corrected chi connectivity index (χ4v) is 7.58. The highest BCUT2D eigenvalue weighted by Gasteiger charge is 2.57. The van der Waals surface area contributed by atoms with E-state index in [1.807, 2.05) is 6.07 Å². The highest BCUT2D eigenvalue weighted by Crippen LogP contribution is 2.59. The van der Waals surface area contributed by atoms with Crippen molar-refractivity contribution in [3.8, 4) is 0 Å². The summed E-state index contributed by atoms with van der Waals surface area (Å²) in [4.78, 5) is 4.65. The standard InChI is InChI=1S/C24H33N3O3S/c1-18-10-12-20(13-11-18)31(28,29)27-17-24(14-15-24)16-21(27)23-25-22(26-30-23)9-5-8-19-6-3-2-4-7-19/h2-4,6-7,18,20-21H,5,8-17H2,1H3/t18?,20?,21-/m0/s1. The summed E-state index contributed by atoms with van der Waals surface area (Å²) in [6, 6.07) is 10.1. The van der Waals surface area contributed by atoms with Gasteiger partial charge in [-0.05, 0) is 74.7 Å². The van der Waals surface area contributed by atoms with Crippen molar-refractivity contribution in [2.24, 2.45) is 11.3 Å². The molecule has 168 valence electrons. The van der Waals surface area contributed by atoms with Gasteiger partial charge in [-0.25, -0.2) is 8.42 Å². The molecular weight excluding hydrogens is 410 g/mol. The van der Waals surface area contributed by atoms with E-state index < -0.39 is 10.0 Å². The number of hydrogen-bond acceptors (Lipinski definition) is 5. The van der Waals surface area contributed by atoms with E-state index in [4.69, 9.17) is 4.52 Å². The fourth-order valence-electron chi connectivity index (χ4n) is 5.35. The Labute approximate surface area is 185 Å². The van der Waals surface area contributed by atoms with Crippen molar-refractivity contribution in [2.45, 2.75) is 82.4 Å². The lowest BCUT2D eigenvalue weighted by Gasteiger charge is -2.31. The highest BCUT2D eigenvalue weighted by atomic mass is 32.2. The van der Waals surface area contributed by atoms with Crippen molar-refractivity contribution in [1.82, 2.24) is 14.4 Å². The average Bonchev–Trinajstić information content (AvgIpc) is 3.18. The van der Waals surface area contributed by atoms with E-state index in [0.717, 1.165) is 64.2 Å². The third kappa shape index (κ3) is 4.44. The highest BCUT2D eigenvalue weighted by molar-refractivity contribution is 7.89. The monoisotopic (exact) mass is 443 g/mol. The van der Waals surface area contributed by atoms with Crippen molar-refractivity contribution in [3.05, 3.63) is 47.6 Å². The molecule has 3 aliphatic rings. The van der Waals surface area contributed by atoms with Gasteiger partial charge in [-0.1, -0.05) is 42.4 Å². The SMILES string of the molecule is CC1CCC(S(=O)(=O)N2CC3(CC3)C[C@H]2c2nc(CCCc3ccccc3)no2)CC1. The topological polar surface area (TPSA) is 76.3 Å². The van der Waals surface area contributed by atoms with E-state index in [-0.39, 0.29) is 16.7 Å². The summed E-state index contributed by atoms with van der Waals surface area (Å²) >= 11 is 0. The van der Waals surface area contributed by atoms with Crippen molar-refractivity contribution in [1.29, 1.82) is 0 Å². The zero-order valence-electron chi connectivity index (χ0n) is 18.4. The Bertz CT molecular complexity index is 992. The normalized spacial score (nSPS) is 28.2. The van der Waals surface area contributed by atoms with Crippen LogP contribution in [0.3, 0.4) is 0 Å². The van der Waals surface area contributed by atoms with Crippen molar-refractivity contribution in [2.75, 3.05) is 6.54 Å². The average molecular weight is 444 g/mol. The Morgan fingerprint density at radius 1 is 1.10 bits per heavy atom. The fraction of sp³-hybridized carbons (Fsp3) is 0.667. The Balaban J connectivity index is 1.28. The van der Waals surface area contributed by atoms with Crippen LogP contribution in [0, 0.1) is 11.3 Å². The van der Waals surface area contributed by atoms with Gasteiger partial charge in [0.05, 0.1) is 5.25 Å². The molecule has 1 atom stereocenters. The van der Waals surface area contributed by atoms with E-state index in [0.29, 0.717) is 24.2 Å². The summed E-state index contributed by atoms with van der Waals surface area (Å²) in [5, 5.41) is 3.94. The molecule has 2 aromatic rings. The zero-order chi connectivity index (χ0) is 21.5. The minimum atomic E-state index is -3.35. The molecule has 0 amide bonds. The maximum atomic E-state index is 13.6. The molecule has 0 unspecified atom stereocenters. The molecule has 2 heterocycles. The first-order chi connectivity index (χ1) is 15.0. The molecule has 2 aliphatic carbocycles. The molecule has 6 nitrogen and oxygen atoms in total. The molecule has 1 aromatic carbocycles. The minimum Gasteiger partial charge on any atom is -0.338 e. The summed E-state index contributed by atoms with van der Waals surface area (Å²) in [7, 11) is -3.35. The summed E-state index contributed by atoms with van der Waals surface area (Å²) in [5.41, 5.74) is 1.44. The molecular formula is C24H33N3O3S. The molecule has 3 fully saturated rings. The predicted octanol–water partition coefficient (Wildman–Crippen LogP) is 4.68. The van der Waals surface area contributed by atoms with Crippen LogP contribution < -0.4 is 0 Å². The van der Waals surface area contributed by atoms with Gasteiger partial charge in [0, 0.05) is 13.0 Å². The van der Waals surface area contributed by atoms with Crippen molar-refractivity contribution < 1.29 is 12.9 Å². The molecule has 31 heavy (non-hydrogen) atoms. The maximum Gasteiger partial charge on any atom is 0.245 e. The Kier molecular flexibility index (Phi) is 5.67. The largest absolute Gasteiger partial charge is 0.338 e. The van der Waals surface area contributed by atoms with Crippen LogP contribution in [0.2, 0.25) is 0 Å². The summed E-state index contributed by atoms with van der Waals surface area (Å²) in [6.07, 6.45) is 9.23. The van der Waals surface area contributed by atoms with Gasteiger partial charge in [0.15, 0.2) is 5.82 Å². The van der Waals surface area contributed by atoms with Crippen LogP contribution in [0.1, 0.15) is 81.6 Å². The molecule has 1 aromatic heterocycles.